The highest BCUT2D eigenvalue weighted by molar-refractivity contribution is 7.97. The van der Waals surface area contributed by atoms with Gasteiger partial charge in [0.15, 0.2) is 0 Å². The summed E-state index contributed by atoms with van der Waals surface area (Å²) in [7, 11) is 0. The summed E-state index contributed by atoms with van der Waals surface area (Å²) in [4.78, 5) is 11.9. The minimum absolute atomic E-state index is 0.0113. The molecule has 0 aliphatic carbocycles. The van der Waals surface area contributed by atoms with E-state index in [1.165, 1.54) is 11.1 Å². The summed E-state index contributed by atoms with van der Waals surface area (Å²) in [5.74, 6) is 2.45. The van der Waals surface area contributed by atoms with Crippen LogP contribution in [0.2, 0.25) is 0 Å². The van der Waals surface area contributed by atoms with Crippen LogP contribution in [0, 0.1) is 5.92 Å². The second kappa shape index (κ2) is 8.64. The molecule has 1 N–H and O–H groups in total. The van der Waals surface area contributed by atoms with E-state index >= 15 is 0 Å². The van der Waals surface area contributed by atoms with Crippen LogP contribution in [-0.4, -0.2) is 12.5 Å². The Morgan fingerprint density at radius 2 is 1.55 bits per heavy atom. The summed E-state index contributed by atoms with van der Waals surface area (Å²) in [6.07, 6.45) is 0. The molecule has 0 radical (unpaired) electrons. The van der Waals surface area contributed by atoms with E-state index in [1.54, 1.807) is 0 Å². The van der Waals surface area contributed by atoms with Gasteiger partial charge in [0.1, 0.15) is 0 Å². The summed E-state index contributed by atoms with van der Waals surface area (Å²) in [5.41, 5.74) is 3.33. The summed E-state index contributed by atoms with van der Waals surface area (Å²) in [5, 5.41) is 2.94. The number of carbonyl (C=O) groups is 1. The average Bonchev–Trinajstić information content (AvgIpc) is 2.54. The summed E-state index contributed by atoms with van der Waals surface area (Å²) >= 11 is 1.89. The van der Waals surface area contributed by atoms with Gasteiger partial charge in [-0.05, 0) is 29.2 Å². The molecular formula is C19H23NOS. The molecule has 2 nitrogen and oxygen atoms in total. The maximum absolute atomic E-state index is 11.9. The van der Waals surface area contributed by atoms with Gasteiger partial charge in [0.25, 0.3) is 5.91 Å². The number of hydrogen-bond donors (Lipinski definition) is 1. The maximum Gasteiger partial charge on any atom is 0.251 e. The first-order chi connectivity index (χ1) is 10.6. The Labute approximate surface area is 137 Å². The zero-order valence-corrected chi connectivity index (χ0v) is 14.0. The van der Waals surface area contributed by atoms with Crippen LogP contribution in [-0.2, 0) is 11.5 Å². The van der Waals surface area contributed by atoms with Crippen molar-refractivity contribution in [2.24, 2.45) is 5.92 Å². The fourth-order valence-electron chi connectivity index (χ4n) is 2.01. The molecule has 3 heteroatoms. The smallest absolute Gasteiger partial charge is 0.251 e. The van der Waals surface area contributed by atoms with Crippen molar-refractivity contribution in [2.75, 3.05) is 6.54 Å². The van der Waals surface area contributed by atoms with Gasteiger partial charge in [0.05, 0.1) is 0 Å². The molecule has 0 spiro atoms. The molecule has 0 aliphatic heterocycles. The second-order valence-electron chi connectivity index (χ2n) is 5.78. The Balaban J connectivity index is 1.80. The number of benzene rings is 2. The summed E-state index contributed by atoms with van der Waals surface area (Å²) in [6, 6.07) is 18.4. The first kappa shape index (κ1) is 16.6. The van der Waals surface area contributed by atoms with Gasteiger partial charge in [-0.15, -0.1) is 0 Å². The third kappa shape index (κ3) is 5.57. The molecular weight excluding hydrogens is 290 g/mol. The van der Waals surface area contributed by atoms with Gasteiger partial charge in [0.2, 0.25) is 0 Å². The number of amides is 1. The number of thioether (sulfide) groups is 1. The normalized spacial score (nSPS) is 10.7. The lowest BCUT2D eigenvalue weighted by molar-refractivity contribution is 0.0949. The number of nitrogens with one attached hydrogen (secondary N) is 1. The van der Waals surface area contributed by atoms with Crippen molar-refractivity contribution >= 4 is 17.7 Å². The van der Waals surface area contributed by atoms with Gasteiger partial charge in [-0.2, -0.15) is 11.8 Å². The van der Waals surface area contributed by atoms with Crippen molar-refractivity contribution < 1.29 is 4.79 Å². The van der Waals surface area contributed by atoms with Gasteiger partial charge >= 0.3 is 0 Å². The van der Waals surface area contributed by atoms with Crippen LogP contribution in [0.5, 0.6) is 0 Å². The molecule has 2 rings (SSSR count). The molecule has 116 valence electrons. The third-order valence-electron chi connectivity index (χ3n) is 3.27. The molecule has 2 aromatic rings. The van der Waals surface area contributed by atoms with E-state index in [2.05, 4.69) is 43.4 Å². The van der Waals surface area contributed by atoms with E-state index < -0.39 is 0 Å². The highest BCUT2D eigenvalue weighted by Crippen LogP contribution is 2.18. The van der Waals surface area contributed by atoms with Crippen LogP contribution < -0.4 is 5.32 Å². The minimum atomic E-state index is 0.0113. The van der Waals surface area contributed by atoms with Crippen LogP contribution in [0.4, 0.5) is 0 Å². The second-order valence-corrected chi connectivity index (χ2v) is 6.76. The van der Waals surface area contributed by atoms with Crippen molar-refractivity contribution in [1.82, 2.24) is 5.32 Å². The zero-order valence-electron chi connectivity index (χ0n) is 13.2. The molecule has 0 saturated carbocycles. The lowest BCUT2D eigenvalue weighted by Gasteiger charge is -2.08. The fraction of sp³-hybridized carbons (Fsp3) is 0.316. The molecule has 0 aromatic heterocycles. The number of rotatable bonds is 7. The molecule has 0 fully saturated rings. The molecule has 0 bridgehead atoms. The number of carbonyl (C=O) groups excluding carboxylic acids is 1. The lowest BCUT2D eigenvalue weighted by atomic mass is 10.1. The largest absolute Gasteiger partial charge is 0.352 e. The van der Waals surface area contributed by atoms with E-state index in [0.717, 1.165) is 17.1 Å². The quantitative estimate of drug-likeness (QED) is 0.815. The van der Waals surface area contributed by atoms with Crippen LogP contribution in [0.15, 0.2) is 54.6 Å². The van der Waals surface area contributed by atoms with E-state index in [4.69, 9.17) is 0 Å². The van der Waals surface area contributed by atoms with Gasteiger partial charge in [-0.25, -0.2) is 0 Å². The van der Waals surface area contributed by atoms with Gasteiger partial charge in [-0.3, -0.25) is 4.79 Å². The average molecular weight is 313 g/mol. The van der Waals surface area contributed by atoms with Gasteiger partial charge < -0.3 is 5.32 Å². The number of hydrogen-bond acceptors (Lipinski definition) is 2. The van der Waals surface area contributed by atoms with Crippen molar-refractivity contribution in [3.8, 4) is 0 Å². The van der Waals surface area contributed by atoms with E-state index in [-0.39, 0.29) is 5.91 Å². The highest BCUT2D eigenvalue weighted by atomic mass is 32.2. The van der Waals surface area contributed by atoms with Crippen molar-refractivity contribution in [2.45, 2.75) is 25.4 Å². The van der Waals surface area contributed by atoms with Crippen LogP contribution >= 0.6 is 11.8 Å². The Kier molecular flexibility index (Phi) is 6.53. The van der Waals surface area contributed by atoms with Crippen LogP contribution in [0.3, 0.4) is 0 Å². The van der Waals surface area contributed by atoms with Crippen molar-refractivity contribution in [3.63, 3.8) is 0 Å². The SMILES string of the molecule is CC(C)CNC(=O)c1ccc(CSCc2ccccc2)cc1. The first-order valence-electron chi connectivity index (χ1n) is 7.64. The standard InChI is InChI=1S/C19H23NOS/c1-15(2)12-20-19(21)18-10-8-17(9-11-18)14-22-13-16-6-4-3-5-7-16/h3-11,15H,12-14H2,1-2H3,(H,20,21). The van der Waals surface area contributed by atoms with Crippen molar-refractivity contribution in [3.05, 3.63) is 71.3 Å². The molecule has 0 unspecified atom stereocenters. The molecule has 0 saturated heterocycles. The minimum Gasteiger partial charge on any atom is -0.352 e. The molecule has 0 heterocycles. The molecule has 22 heavy (non-hydrogen) atoms. The molecule has 2 aromatic carbocycles. The Morgan fingerprint density at radius 3 is 2.14 bits per heavy atom. The summed E-state index contributed by atoms with van der Waals surface area (Å²) < 4.78 is 0. The predicted molar refractivity (Wildman–Crippen MR) is 95.1 cm³/mol. The Hall–Kier alpha value is -1.74. The zero-order chi connectivity index (χ0) is 15.8. The first-order valence-corrected chi connectivity index (χ1v) is 8.79. The van der Waals surface area contributed by atoms with E-state index in [9.17, 15) is 4.79 Å². The summed E-state index contributed by atoms with van der Waals surface area (Å²) in [6.45, 7) is 4.90. The van der Waals surface area contributed by atoms with Crippen LogP contribution in [0.25, 0.3) is 0 Å². The van der Waals surface area contributed by atoms with E-state index in [1.807, 2.05) is 42.1 Å². The van der Waals surface area contributed by atoms with Crippen molar-refractivity contribution in [1.29, 1.82) is 0 Å². The monoisotopic (exact) mass is 313 g/mol. The maximum atomic E-state index is 11.9. The van der Waals surface area contributed by atoms with Crippen LogP contribution in [0.1, 0.15) is 35.3 Å². The predicted octanol–water partition coefficient (Wildman–Crippen LogP) is 4.51. The van der Waals surface area contributed by atoms with E-state index in [0.29, 0.717) is 12.5 Å². The topological polar surface area (TPSA) is 29.1 Å². The molecule has 1 amide bonds. The van der Waals surface area contributed by atoms with Gasteiger partial charge in [0, 0.05) is 23.6 Å². The molecule has 0 aliphatic rings. The highest BCUT2D eigenvalue weighted by Gasteiger charge is 2.05. The Morgan fingerprint density at radius 1 is 0.955 bits per heavy atom. The third-order valence-corrected chi connectivity index (χ3v) is 4.34. The lowest BCUT2D eigenvalue weighted by Crippen LogP contribution is -2.27. The fourth-order valence-corrected chi connectivity index (χ4v) is 2.97. The Bertz CT molecular complexity index is 578. The van der Waals surface area contributed by atoms with Gasteiger partial charge in [-0.1, -0.05) is 56.3 Å². The molecule has 0 atom stereocenters.